The topological polar surface area (TPSA) is 119 Å². The zero-order valence-electron chi connectivity index (χ0n) is 20.0. The number of nitrogens with zero attached hydrogens (tertiary/aromatic N) is 4. The molecule has 5 heterocycles. The number of nitrogens with two attached hydrogens (primary N) is 1. The number of rotatable bonds is 2. The molecule has 0 radical (unpaired) electrons. The Morgan fingerprint density at radius 3 is 2.46 bits per heavy atom. The zero-order chi connectivity index (χ0) is 25.4. The highest BCUT2D eigenvalue weighted by Crippen LogP contribution is 2.38. The SMILES string of the molecule is CC1(C)CCCCN1.Cc1noc(C)c1-c1ccc2c(-c3nc(N)ncc3C(F)(F)F)c[nH]c2n1. The lowest BCUT2D eigenvalue weighted by molar-refractivity contribution is -0.137. The Hall–Kier alpha value is -3.47. The van der Waals surface area contributed by atoms with Gasteiger partial charge in [-0.05, 0) is 59.2 Å². The first-order valence-corrected chi connectivity index (χ1v) is 11.3. The smallest absolute Gasteiger partial charge is 0.368 e. The van der Waals surface area contributed by atoms with E-state index in [2.05, 4.69) is 44.3 Å². The molecule has 4 aromatic heterocycles. The van der Waals surface area contributed by atoms with Gasteiger partial charge in [-0.2, -0.15) is 13.2 Å². The Balaban J connectivity index is 0.000000308. The minimum absolute atomic E-state index is 0.240. The average Bonchev–Trinajstić information content (AvgIpc) is 3.35. The molecular weight excluding hydrogens is 459 g/mol. The van der Waals surface area contributed by atoms with Crippen LogP contribution in [0.25, 0.3) is 33.5 Å². The van der Waals surface area contributed by atoms with Gasteiger partial charge >= 0.3 is 6.18 Å². The van der Waals surface area contributed by atoms with Gasteiger partial charge in [0.2, 0.25) is 5.95 Å². The number of aromatic nitrogens is 5. The molecule has 0 bridgehead atoms. The summed E-state index contributed by atoms with van der Waals surface area (Å²) in [4.78, 5) is 14.7. The molecule has 8 nitrogen and oxygen atoms in total. The lowest BCUT2D eigenvalue weighted by atomic mass is 9.93. The summed E-state index contributed by atoms with van der Waals surface area (Å²) in [6.07, 6.45) is 1.60. The van der Waals surface area contributed by atoms with Gasteiger partial charge in [-0.3, -0.25) is 0 Å². The van der Waals surface area contributed by atoms with Crippen molar-refractivity contribution in [3.63, 3.8) is 0 Å². The van der Waals surface area contributed by atoms with Gasteiger partial charge in [-0.15, -0.1) is 0 Å². The van der Waals surface area contributed by atoms with E-state index in [4.69, 9.17) is 10.3 Å². The molecule has 0 unspecified atom stereocenters. The van der Waals surface area contributed by atoms with Gasteiger partial charge in [0.1, 0.15) is 17.0 Å². The van der Waals surface area contributed by atoms with Crippen LogP contribution in [-0.4, -0.2) is 37.2 Å². The highest BCUT2D eigenvalue weighted by molar-refractivity contribution is 5.94. The molecule has 4 aromatic rings. The number of aromatic amines is 1. The molecule has 0 amide bonds. The minimum atomic E-state index is -4.61. The first kappa shape index (κ1) is 24.6. The summed E-state index contributed by atoms with van der Waals surface area (Å²) in [6.45, 7) is 9.31. The highest BCUT2D eigenvalue weighted by atomic mass is 19.4. The van der Waals surface area contributed by atoms with Crippen LogP contribution in [0.4, 0.5) is 19.1 Å². The minimum Gasteiger partial charge on any atom is -0.368 e. The number of hydrogen-bond donors (Lipinski definition) is 3. The van der Waals surface area contributed by atoms with Crippen LogP contribution in [0.1, 0.15) is 50.1 Å². The van der Waals surface area contributed by atoms with Crippen LogP contribution < -0.4 is 11.1 Å². The van der Waals surface area contributed by atoms with Crippen molar-refractivity contribution >= 4 is 17.0 Å². The van der Waals surface area contributed by atoms with Gasteiger partial charge in [0, 0.05) is 28.9 Å². The van der Waals surface area contributed by atoms with E-state index in [0.717, 1.165) is 5.56 Å². The predicted molar refractivity (Wildman–Crippen MR) is 127 cm³/mol. The van der Waals surface area contributed by atoms with E-state index >= 15 is 0 Å². The lowest BCUT2D eigenvalue weighted by Gasteiger charge is -2.30. The summed E-state index contributed by atoms with van der Waals surface area (Å²) in [5, 5.41) is 7.83. The molecule has 1 aliphatic heterocycles. The standard InChI is InChI=1S/C17H13F3N6O.C7H15N/c1-7-13(8(2)27-26-7)12-4-3-9-10(5-22-15(9)24-12)14-11(17(18,19)20)6-23-16(21)25-14;1-7(2)5-3-4-6-8-7/h3-6H,1-2H3,(H,22,24)(H2,21,23,25);8H,3-6H2,1-2H3. The summed E-state index contributed by atoms with van der Waals surface area (Å²) in [5.74, 6) is 0.363. The van der Waals surface area contributed by atoms with Crippen molar-refractivity contribution in [1.29, 1.82) is 0 Å². The Labute approximate surface area is 200 Å². The third kappa shape index (κ3) is 5.29. The molecule has 35 heavy (non-hydrogen) atoms. The second-order valence-corrected chi connectivity index (χ2v) is 9.25. The second-order valence-electron chi connectivity index (χ2n) is 9.25. The van der Waals surface area contributed by atoms with Gasteiger partial charge in [-0.1, -0.05) is 11.6 Å². The molecule has 1 saturated heterocycles. The number of aryl methyl sites for hydroxylation is 2. The van der Waals surface area contributed by atoms with Crippen LogP contribution in [0.2, 0.25) is 0 Å². The fourth-order valence-electron chi connectivity index (χ4n) is 4.20. The summed E-state index contributed by atoms with van der Waals surface area (Å²) in [5.41, 5.74) is 7.35. The van der Waals surface area contributed by atoms with Gasteiger partial charge in [-0.25, -0.2) is 15.0 Å². The first-order chi connectivity index (χ1) is 16.5. The Morgan fingerprint density at radius 2 is 1.89 bits per heavy atom. The van der Waals surface area contributed by atoms with E-state index in [1.165, 1.54) is 32.0 Å². The highest BCUT2D eigenvalue weighted by Gasteiger charge is 2.36. The van der Waals surface area contributed by atoms with Crippen molar-refractivity contribution in [1.82, 2.24) is 30.4 Å². The molecule has 0 atom stereocenters. The monoisotopic (exact) mass is 487 g/mol. The number of fused-ring (bicyclic) bond motifs is 1. The molecule has 1 fully saturated rings. The summed E-state index contributed by atoms with van der Waals surface area (Å²) >= 11 is 0. The van der Waals surface area contributed by atoms with Gasteiger partial charge in [0.25, 0.3) is 0 Å². The maximum absolute atomic E-state index is 13.3. The maximum atomic E-state index is 13.3. The number of piperidine rings is 1. The summed E-state index contributed by atoms with van der Waals surface area (Å²) < 4.78 is 45.2. The number of pyridine rings is 1. The second kappa shape index (κ2) is 9.29. The van der Waals surface area contributed by atoms with E-state index in [-0.39, 0.29) is 17.2 Å². The normalized spacial score (nSPS) is 15.6. The van der Waals surface area contributed by atoms with Crippen molar-refractivity contribution in [3.8, 4) is 22.5 Å². The quantitative estimate of drug-likeness (QED) is 0.345. The number of halogens is 3. The predicted octanol–water partition coefficient (Wildman–Crippen LogP) is 5.43. The van der Waals surface area contributed by atoms with E-state index in [1.54, 1.807) is 26.0 Å². The number of alkyl halides is 3. The number of hydrogen-bond acceptors (Lipinski definition) is 7. The van der Waals surface area contributed by atoms with Crippen molar-refractivity contribution in [2.45, 2.75) is 58.7 Å². The molecule has 5 rings (SSSR count). The largest absolute Gasteiger partial charge is 0.419 e. The summed E-state index contributed by atoms with van der Waals surface area (Å²) in [7, 11) is 0. The molecule has 186 valence electrons. The van der Waals surface area contributed by atoms with E-state index < -0.39 is 11.7 Å². The van der Waals surface area contributed by atoms with Crippen LogP contribution in [0.5, 0.6) is 0 Å². The van der Waals surface area contributed by atoms with Gasteiger partial charge in [0.05, 0.1) is 22.6 Å². The summed E-state index contributed by atoms with van der Waals surface area (Å²) in [6, 6.07) is 3.37. The van der Waals surface area contributed by atoms with Crippen molar-refractivity contribution < 1.29 is 17.7 Å². The van der Waals surface area contributed by atoms with Crippen LogP contribution in [0.3, 0.4) is 0 Å². The zero-order valence-corrected chi connectivity index (χ0v) is 20.0. The van der Waals surface area contributed by atoms with Gasteiger partial charge in [0.15, 0.2) is 0 Å². The third-order valence-corrected chi connectivity index (χ3v) is 6.03. The molecule has 0 aromatic carbocycles. The molecule has 0 spiro atoms. The Kier molecular flexibility index (Phi) is 6.54. The van der Waals surface area contributed by atoms with Crippen molar-refractivity contribution in [2.75, 3.05) is 12.3 Å². The molecular formula is C24H28F3N7O. The first-order valence-electron chi connectivity index (χ1n) is 11.3. The molecule has 0 saturated carbocycles. The molecule has 0 aliphatic carbocycles. The Morgan fingerprint density at radius 1 is 1.11 bits per heavy atom. The van der Waals surface area contributed by atoms with Crippen LogP contribution in [-0.2, 0) is 6.18 Å². The van der Waals surface area contributed by atoms with E-state index in [9.17, 15) is 13.2 Å². The number of nitrogen functional groups attached to an aromatic ring is 1. The lowest BCUT2D eigenvalue weighted by Crippen LogP contribution is -2.42. The number of H-pyrrole nitrogens is 1. The van der Waals surface area contributed by atoms with Crippen LogP contribution >= 0.6 is 0 Å². The third-order valence-electron chi connectivity index (χ3n) is 6.03. The average molecular weight is 488 g/mol. The van der Waals surface area contributed by atoms with Crippen molar-refractivity contribution in [3.05, 3.63) is 41.5 Å². The number of nitrogens with one attached hydrogen (secondary N) is 2. The molecule has 1 aliphatic rings. The van der Waals surface area contributed by atoms with Crippen LogP contribution in [0, 0.1) is 13.8 Å². The van der Waals surface area contributed by atoms with Crippen LogP contribution in [0.15, 0.2) is 29.0 Å². The van der Waals surface area contributed by atoms with Crippen molar-refractivity contribution in [2.24, 2.45) is 0 Å². The Bertz CT molecular complexity index is 1310. The maximum Gasteiger partial charge on any atom is 0.419 e. The fourth-order valence-corrected chi connectivity index (χ4v) is 4.20. The van der Waals surface area contributed by atoms with Gasteiger partial charge < -0.3 is 20.6 Å². The van der Waals surface area contributed by atoms with E-state index in [1.807, 2.05) is 0 Å². The fraction of sp³-hybridized carbons (Fsp3) is 0.417. The molecule has 11 heteroatoms. The van der Waals surface area contributed by atoms with E-state index in [0.29, 0.717) is 39.9 Å². The molecule has 4 N–H and O–H groups in total. The number of anilines is 1.